The van der Waals surface area contributed by atoms with Crippen LogP contribution < -0.4 is 0 Å². The van der Waals surface area contributed by atoms with Crippen molar-refractivity contribution in [2.24, 2.45) is 0 Å². The first-order chi connectivity index (χ1) is 7.48. The lowest BCUT2D eigenvalue weighted by atomic mass is 9.75. The molecular formula is C12H13F3O. The van der Waals surface area contributed by atoms with Gasteiger partial charge in [-0.1, -0.05) is 30.3 Å². The molecule has 1 aromatic carbocycles. The summed E-state index contributed by atoms with van der Waals surface area (Å²) in [6.07, 6.45) is -2.30. The molecule has 1 N–H and O–H groups in total. The van der Waals surface area contributed by atoms with Gasteiger partial charge in [0.1, 0.15) is 0 Å². The van der Waals surface area contributed by atoms with Crippen molar-refractivity contribution >= 4 is 0 Å². The number of hydrogen-bond donors (Lipinski definition) is 1. The SMILES string of the molecule is OC1(c2ccccc2)CCCC(F)C1(F)F. The molecule has 0 spiro atoms. The minimum atomic E-state index is -3.72. The van der Waals surface area contributed by atoms with Crippen molar-refractivity contribution in [1.29, 1.82) is 0 Å². The van der Waals surface area contributed by atoms with E-state index in [1.807, 2.05) is 0 Å². The van der Waals surface area contributed by atoms with Gasteiger partial charge in [-0.25, -0.2) is 4.39 Å². The van der Waals surface area contributed by atoms with Gasteiger partial charge in [-0.3, -0.25) is 0 Å². The second-order valence-electron chi connectivity index (χ2n) is 4.21. The van der Waals surface area contributed by atoms with Crippen LogP contribution in [0.2, 0.25) is 0 Å². The summed E-state index contributed by atoms with van der Waals surface area (Å²) in [6.45, 7) is 0. The lowest BCUT2D eigenvalue weighted by molar-refractivity contribution is -0.240. The summed E-state index contributed by atoms with van der Waals surface area (Å²) < 4.78 is 40.6. The third-order valence-corrected chi connectivity index (χ3v) is 3.19. The molecule has 2 rings (SSSR count). The maximum Gasteiger partial charge on any atom is 0.310 e. The Balaban J connectivity index is 2.43. The molecule has 16 heavy (non-hydrogen) atoms. The normalized spacial score (nSPS) is 33.6. The largest absolute Gasteiger partial charge is 0.379 e. The lowest BCUT2D eigenvalue weighted by Gasteiger charge is -2.41. The molecule has 0 bridgehead atoms. The Morgan fingerprint density at radius 2 is 1.81 bits per heavy atom. The van der Waals surface area contributed by atoms with Gasteiger partial charge in [0.15, 0.2) is 11.8 Å². The van der Waals surface area contributed by atoms with E-state index < -0.39 is 17.7 Å². The summed E-state index contributed by atoms with van der Waals surface area (Å²) in [5, 5.41) is 10.1. The number of halogens is 3. The maximum atomic E-state index is 13.7. The average Bonchev–Trinajstić information content (AvgIpc) is 2.28. The molecule has 0 aromatic heterocycles. The first-order valence-corrected chi connectivity index (χ1v) is 5.28. The molecule has 1 aliphatic rings. The van der Waals surface area contributed by atoms with Gasteiger partial charge in [-0.05, 0) is 24.8 Å². The molecule has 0 aliphatic heterocycles. The summed E-state index contributed by atoms with van der Waals surface area (Å²) >= 11 is 0. The van der Waals surface area contributed by atoms with Crippen molar-refractivity contribution < 1.29 is 18.3 Å². The van der Waals surface area contributed by atoms with Gasteiger partial charge in [-0.15, -0.1) is 0 Å². The predicted octanol–water partition coefficient (Wildman–Crippen LogP) is 3.03. The van der Waals surface area contributed by atoms with E-state index in [4.69, 9.17) is 0 Å². The molecule has 0 heterocycles. The highest BCUT2D eigenvalue weighted by Crippen LogP contribution is 2.49. The van der Waals surface area contributed by atoms with Crippen LogP contribution in [0.15, 0.2) is 30.3 Å². The quantitative estimate of drug-likeness (QED) is 0.786. The van der Waals surface area contributed by atoms with Crippen LogP contribution in [-0.2, 0) is 5.60 Å². The van der Waals surface area contributed by atoms with Gasteiger partial charge in [-0.2, -0.15) is 8.78 Å². The Morgan fingerprint density at radius 1 is 1.19 bits per heavy atom. The Hall–Kier alpha value is -1.03. The summed E-state index contributed by atoms with van der Waals surface area (Å²) in [4.78, 5) is 0. The highest BCUT2D eigenvalue weighted by molar-refractivity contribution is 5.26. The third-order valence-electron chi connectivity index (χ3n) is 3.19. The van der Waals surface area contributed by atoms with Crippen molar-refractivity contribution in [3.05, 3.63) is 35.9 Å². The zero-order valence-electron chi connectivity index (χ0n) is 8.67. The fourth-order valence-corrected chi connectivity index (χ4v) is 2.19. The Morgan fingerprint density at radius 3 is 2.44 bits per heavy atom. The predicted molar refractivity (Wildman–Crippen MR) is 54.0 cm³/mol. The zero-order chi connectivity index (χ0) is 11.8. The molecular weight excluding hydrogens is 217 g/mol. The third kappa shape index (κ3) is 1.52. The van der Waals surface area contributed by atoms with Crippen LogP contribution in [0.25, 0.3) is 0 Å². The van der Waals surface area contributed by atoms with E-state index in [-0.39, 0.29) is 24.8 Å². The van der Waals surface area contributed by atoms with Gasteiger partial charge in [0.05, 0.1) is 0 Å². The molecule has 1 nitrogen and oxygen atoms in total. The van der Waals surface area contributed by atoms with Crippen molar-refractivity contribution in [1.82, 2.24) is 0 Å². The van der Waals surface area contributed by atoms with Crippen LogP contribution in [0.1, 0.15) is 24.8 Å². The number of aliphatic hydroxyl groups is 1. The van der Waals surface area contributed by atoms with Crippen LogP contribution in [0.3, 0.4) is 0 Å². The second-order valence-corrected chi connectivity index (χ2v) is 4.21. The van der Waals surface area contributed by atoms with Gasteiger partial charge >= 0.3 is 5.92 Å². The molecule has 0 saturated heterocycles. The molecule has 88 valence electrons. The number of rotatable bonds is 1. The van der Waals surface area contributed by atoms with Crippen LogP contribution in [0, 0.1) is 0 Å². The van der Waals surface area contributed by atoms with E-state index in [0.717, 1.165) is 0 Å². The summed E-state index contributed by atoms with van der Waals surface area (Å²) in [5.41, 5.74) is -2.28. The Labute approximate surface area is 91.9 Å². The molecule has 1 fully saturated rings. The molecule has 1 aliphatic carbocycles. The van der Waals surface area contributed by atoms with Crippen LogP contribution in [0.4, 0.5) is 13.2 Å². The molecule has 2 unspecified atom stereocenters. The van der Waals surface area contributed by atoms with Crippen LogP contribution in [-0.4, -0.2) is 17.2 Å². The second kappa shape index (κ2) is 3.77. The highest BCUT2D eigenvalue weighted by atomic mass is 19.3. The fourth-order valence-electron chi connectivity index (χ4n) is 2.19. The first-order valence-electron chi connectivity index (χ1n) is 5.28. The Kier molecular flexibility index (Phi) is 2.70. The molecule has 4 heteroatoms. The lowest BCUT2D eigenvalue weighted by Crippen LogP contribution is -2.54. The van der Waals surface area contributed by atoms with Crippen molar-refractivity contribution in [2.45, 2.75) is 37.0 Å². The molecule has 0 amide bonds. The maximum absolute atomic E-state index is 13.7. The van der Waals surface area contributed by atoms with E-state index in [0.29, 0.717) is 0 Å². The van der Waals surface area contributed by atoms with E-state index in [2.05, 4.69) is 0 Å². The summed E-state index contributed by atoms with van der Waals surface area (Å²) in [6, 6.07) is 7.61. The number of hydrogen-bond acceptors (Lipinski definition) is 1. The Bertz CT molecular complexity index is 366. The van der Waals surface area contributed by atoms with Gasteiger partial charge < -0.3 is 5.11 Å². The zero-order valence-corrected chi connectivity index (χ0v) is 8.67. The molecule has 0 radical (unpaired) electrons. The van der Waals surface area contributed by atoms with Gasteiger partial charge in [0.2, 0.25) is 0 Å². The summed E-state index contributed by atoms with van der Waals surface area (Å²) in [7, 11) is 0. The summed E-state index contributed by atoms with van der Waals surface area (Å²) in [5.74, 6) is -3.72. The fraction of sp³-hybridized carbons (Fsp3) is 0.500. The van der Waals surface area contributed by atoms with E-state index >= 15 is 0 Å². The van der Waals surface area contributed by atoms with E-state index in [9.17, 15) is 18.3 Å². The number of alkyl halides is 3. The standard InChI is InChI=1S/C12H13F3O/c13-10-7-4-8-11(16,12(10,14)15)9-5-2-1-3-6-9/h1-3,5-6,10,16H,4,7-8H2. The average molecular weight is 230 g/mol. The van der Waals surface area contributed by atoms with Crippen molar-refractivity contribution in [2.75, 3.05) is 0 Å². The van der Waals surface area contributed by atoms with Gasteiger partial charge in [0, 0.05) is 0 Å². The molecule has 2 atom stereocenters. The monoisotopic (exact) mass is 230 g/mol. The van der Waals surface area contributed by atoms with Crippen molar-refractivity contribution in [3.63, 3.8) is 0 Å². The van der Waals surface area contributed by atoms with Crippen LogP contribution in [0.5, 0.6) is 0 Å². The smallest absolute Gasteiger partial charge is 0.310 e. The van der Waals surface area contributed by atoms with Crippen molar-refractivity contribution in [3.8, 4) is 0 Å². The van der Waals surface area contributed by atoms with Crippen LogP contribution >= 0.6 is 0 Å². The topological polar surface area (TPSA) is 20.2 Å². The first kappa shape index (κ1) is 11.5. The minimum absolute atomic E-state index is 0.0855. The highest BCUT2D eigenvalue weighted by Gasteiger charge is 2.60. The minimum Gasteiger partial charge on any atom is -0.379 e. The molecule has 1 saturated carbocycles. The van der Waals surface area contributed by atoms with Gasteiger partial charge in [0.25, 0.3) is 0 Å². The molecule has 1 aromatic rings. The van der Waals surface area contributed by atoms with E-state index in [1.165, 1.54) is 12.1 Å². The van der Waals surface area contributed by atoms with E-state index in [1.54, 1.807) is 18.2 Å². The number of benzene rings is 1.